The number of nitrogens with one attached hydrogen (secondary N) is 1. The summed E-state index contributed by atoms with van der Waals surface area (Å²) in [4.78, 5) is 24.7. The Balaban J connectivity index is 2.03. The molecule has 17 heavy (non-hydrogen) atoms. The molecule has 2 heterocycles. The highest BCUT2D eigenvalue weighted by Gasteiger charge is 2.30. The van der Waals surface area contributed by atoms with Crippen LogP contribution in [0.25, 0.3) is 0 Å². The van der Waals surface area contributed by atoms with Gasteiger partial charge in [0.25, 0.3) is 0 Å². The minimum Gasteiger partial charge on any atom is -0.368 e. The number of primary amides is 1. The Hall–Kier alpha value is -1.96. The fraction of sp³-hybridized carbons (Fsp3) is 0.556. The molecule has 1 fully saturated rings. The lowest BCUT2D eigenvalue weighted by Crippen LogP contribution is -2.59. The second-order valence-corrected chi connectivity index (χ2v) is 3.81. The number of nitrogens with two attached hydrogens (primary N) is 1. The van der Waals surface area contributed by atoms with Gasteiger partial charge < -0.3 is 16.0 Å². The summed E-state index contributed by atoms with van der Waals surface area (Å²) in [6.45, 7) is 1.61. The third-order valence-electron chi connectivity index (χ3n) is 2.66. The van der Waals surface area contributed by atoms with E-state index in [1.54, 1.807) is 6.20 Å². The third-order valence-corrected chi connectivity index (χ3v) is 2.66. The molecule has 0 saturated carbocycles. The summed E-state index contributed by atoms with van der Waals surface area (Å²) in [6.07, 6.45) is 3.09. The van der Waals surface area contributed by atoms with Gasteiger partial charge in [-0.2, -0.15) is 0 Å². The number of rotatable bonds is 3. The zero-order valence-corrected chi connectivity index (χ0v) is 9.24. The fourth-order valence-electron chi connectivity index (χ4n) is 1.80. The number of carbonyl (C=O) groups is 2. The van der Waals surface area contributed by atoms with Gasteiger partial charge in [0.05, 0.1) is 6.20 Å². The van der Waals surface area contributed by atoms with Crippen LogP contribution in [0.1, 0.15) is 0 Å². The molecule has 1 aliphatic rings. The number of hydrogen-bond acceptors (Lipinski definition) is 5. The van der Waals surface area contributed by atoms with Crippen LogP contribution in [-0.4, -0.2) is 57.4 Å². The van der Waals surface area contributed by atoms with E-state index in [1.807, 2.05) is 0 Å². The molecule has 0 bridgehead atoms. The molecule has 0 aromatic carbocycles. The molecular formula is C9H14N6O2. The number of aromatic nitrogens is 3. The summed E-state index contributed by atoms with van der Waals surface area (Å²) in [5.74, 6) is -0.676. The minimum absolute atomic E-state index is 0.0732. The molecule has 1 saturated heterocycles. The summed E-state index contributed by atoms with van der Waals surface area (Å²) in [7, 11) is 0. The van der Waals surface area contributed by atoms with E-state index in [4.69, 9.17) is 5.73 Å². The van der Waals surface area contributed by atoms with E-state index in [-0.39, 0.29) is 12.5 Å². The second-order valence-electron chi connectivity index (χ2n) is 3.81. The van der Waals surface area contributed by atoms with Crippen molar-refractivity contribution in [2.75, 3.05) is 19.6 Å². The van der Waals surface area contributed by atoms with Gasteiger partial charge in [-0.15, -0.1) is 5.10 Å². The normalized spacial score (nSPS) is 20.2. The maximum atomic E-state index is 12.0. The van der Waals surface area contributed by atoms with Crippen molar-refractivity contribution in [3.8, 4) is 0 Å². The second kappa shape index (κ2) is 4.91. The highest BCUT2D eigenvalue weighted by Crippen LogP contribution is 2.04. The Labute approximate surface area is 97.7 Å². The average molecular weight is 238 g/mol. The van der Waals surface area contributed by atoms with Crippen molar-refractivity contribution in [3.05, 3.63) is 12.4 Å². The van der Waals surface area contributed by atoms with Gasteiger partial charge in [0.15, 0.2) is 0 Å². The van der Waals surface area contributed by atoms with Crippen LogP contribution < -0.4 is 11.1 Å². The largest absolute Gasteiger partial charge is 0.368 e. The molecular weight excluding hydrogens is 224 g/mol. The summed E-state index contributed by atoms with van der Waals surface area (Å²) in [5, 5.41) is 10.4. The quantitative estimate of drug-likeness (QED) is 0.608. The van der Waals surface area contributed by atoms with E-state index in [1.165, 1.54) is 15.8 Å². The van der Waals surface area contributed by atoms with E-state index in [0.29, 0.717) is 19.6 Å². The van der Waals surface area contributed by atoms with Crippen LogP contribution in [0.15, 0.2) is 12.4 Å². The van der Waals surface area contributed by atoms with Crippen molar-refractivity contribution in [2.24, 2.45) is 5.73 Å². The molecule has 1 aromatic rings. The molecule has 1 atom stereocenters. The Morgan fingerprint density at radius 3 is 3.00 bits per heavy atom. The number of amides is 2. The minimum atomic E-state index is -0.584. The van der Waals surface area contributed by atoms with E-state index in [9.17, 15) is 9.59 Å². The average Bonchev–Trinajstić information content (AvgIpc) is 2.81. The highest BCUT2D eigenvalue weighted by atomic mass is 16.2. The maximum Gasteiger partial charge on any atom is 0.245 e. The fourth-order valence-corrected chi connectivity index (χ4v) is 1.80. The third kappa shape index (κ3) is 2.59. The Morgan fingerprint density at radius 2 is 2.35 bits per heavy atom. The van der Waals surface area contributed by atoms with Gasteiger partial charge in [0, 0.05) is 25.8 Å². The molecule has 8 heteroatoms. The molecule has 0 spiro atoms. The van der Waals surface area contributed by atoms with Crippen LogP contribution in [0.5, 0.6) is 0 Å². The van der Waals surface area contributed by atoms with Crippen LogP contribution >= 0.6 is 0 Å². The van der Waals surface area contributed by atoms with Gasteiger partial charge >= 0.3 is 0 Å². The molecule has 0 radical (unpaired) electrons. The first-order valence-electron chi connectivity index (χ1n) is 5.32. The monoisotopic (exact) mass is 238 g/mol. The Morgan fingerprint density at radius 1 is 1.53 bits per heavy atom. The Bertz CT molecular complexity index is 404. The lowest BCUT2D eigenvalue weighted by molar-refractivity contribution is -0.141. The standard InChI is InChI=1S/C9H14N6O2/c10-9(17)7-5-11-1-4-15(7)8(16)6-14-3-2-12-13-14/h2-3,7,11H,1,4-6H2,(H2,10,17). The highest BCUT2D eigenvalue weighted by molar-refractivity contribution is 5.87. The molecule has 1 aromatic heterocycles. The van der Waals surface area contributed by atoms with Gasteiger partial charge in [-0.3, -0.25) is 9.59 Å². The maximum absolute atomic E-state index is 12.0. The van der Waals surface area contributed by atoms with Crippen LogP contribution in [0.2, 0.25) is 0 Å². The van der Waals surface area contributed by atoms with Crippen molar-refractivity contribution in [1.29, 1.82) is 0 Å². The van der Waals surface area contributed by atoms with Crippen molar-refractivity contribution >= 4 is 11.8 Å². The molecule has 0 aliphatic carbocycles. The van der Waals surface area contributed by atoms with Crippen LogP contribution in [0.3, 0.4) is 0 Å². The SMILES string of the molecule is NC(=O)C1CNCCN1C(=O)Cn1ccnn1. The van der Waals surface area contributed by atoms with Crippen molar-refractivity contribution < 1.29 is 9.59 Å². The topological polar surface area (TPSA) is 106 Å². The van der Waals surface area contributed by atoms with Gasteiger partial charge in [0.1, 0.15) is 12.6 Å². The van der Waals surface area contributed by atoms with Gasteiger partial charge in [-0.1, -0.05) is 5.21 Å². The Kier molecular flexibility index (Phi) is 3.33. The lowest BCUT2D eigenvalue weighted by atomic mass is 10.2. The predicted octanol–water partition coefficient (Wildman–Crippen LogP) is -2.44. The molecule has 1 aliphatic heterocycles. The van der Waals surface area contributed by atoms with Crippen molar-refractivity contribution in [3.63, 3.8) is 0 Å². The van der Waals surface area contributed by atoms with E-state index >= 15 is 0 Å². The molecule has 2 rings (SSSR count). The summed E-state index contributed by atoms with van der Waals surface area (Å²) >= 11 is 0. The summed E-state index contributed by atoms with van der Waals surface area (Å²) < 4.78 is 1.42. The van der Waals surface area contributed by atoms with Gasteiger partial charge in [-0.25, -0.2) is 4.68 Å². The van der Waals surface area contributed by atoms with Crippen LogP contribution in [0.4, 0.5) is 0 Å². The molecule has 1 unspecified atom stereocenters. The first-order chi connectivity index (χ1) is 8.18. The van der Waals surface area contributed by atoms with Gasteiger partial charge in [-0.05, 0) is 0 Å². The predicted molar refractivity (Wildman–Crippen MR) is 57.6 cm³/mol. The summed E-state index contributed by atoms with van der Waals surface area (Å²) in [5.41, 5.74) is 5.26. The van der Waals surface area contributed by atoms with E-state index in [0.717, 1.165) is 0 Å². The first-order valence-corrected chi connectivity index (χ1v) is 5.32. The smallest absolute Gasteiger partial charge is 0.245 e. The summed E-state index contributed by atoms with van der Waals surface area (Å²) in [6, 6.07) is -0.584. The van der Waals surface area contributed by atoms with Gasteiger partial charge in [0.2, 0.25) is 11.8 Å². The van der Waals surface area contributed by atoms with Crippen LogP contribution in [0, 0.1) is 0 Å². The zero-order valence-electron chi connectivity index (χ0n) is 9.24. The number of nitrogens with zero attached hydrogens (tertiary/aromatic N) is 4. The van der Waals surface area contributed by atoms with Crippen LogP contribution in [-0.2, 0) is 16.1 Å². The first kappa shape index (κ1) is 11.5. The molecule has 92 valence electrons. The zero-order chi connectivity index (χ0) is 12.3. The molecule has 2 amide bonds. The van der Waals surface area contributed by atoms with E-state index < -0.39 is 11.9 Å². The van der Waals surface area contributed by atoms with Crippen molar-refractivity contribution in [1.82, 2.24) is 25.2 Å². The lowest BCUT2D eigenvalue weighted by Gasteiger charge is -2.34. The molecule has 3 N–H and O–H groups in total. The van der Waals surface area contributed by atoms with E-state index in [2.05, 4.69) is 15.6 Å². The number of carbonyl (C=O) groups excluding carboxylic acids is 2. The number of hydrogen-bond donors (Lipinski definition) is 2. The van der Waals surface area contributed by atoms with Crippen molar-refractivity contribution in [2.45, 2.75) is 12.6 Å². The number of piperazine rings is 1. The molecule has 8 nitrogen and oxygen atoms in total.